The van der Waals surface area contributed by atoms with Gasteiger partial charge in [-0.2, -0.15) is 0 Å². The van der Waals surface area contributed by atoms with Crippen LogP contribution < -0.4 is 4.90 Å². The molecule has 3 heteroatoms. The number of aromatic nitrogens is 1. The van der Waals surface area contributed by atoms with Gasteiger partial charge < -0.3 is 4.90 Å². The molecule has 0 atom stereocenters. The molecule has 0 aliphatic heterocycles. The summed E-state index contributed by atoms with van der Waals surface area (Å²) >= 11 is 1.82. The number of hydrogen-bond acceptors (Lipinski definition) is 3. The number of anilines is 3. The van der Waals surface area contributed by atoms with Gasteiger partial charge in [0.1, 0.15) is 0 Å². The van der Waals surface area contributed by atoms with Gasteiger partial charge in [-0.25, -0.2) is 0 Å². The lowest BCUT2D eigenvalue weighted by atomic mass is 9.90. The van der Waals surface area contributed by atoms with Gasteiger partial charge >= 0.3 is 0 Å². The zero-order valence-electron chi connectivity index (χ0n) is 27.1. The van der Waals surface area contributed by atoms with Gasteiger partial charge in [0.05, 0.1) is 5.69 Å². The fourth-order valence-electron chi connectivity index (χ4n) is 7.61. The summed E-state index contributed by atoms with van der Waals surface area (Å²) in [4.78, 5) is 6.92. The minimum absolute atomic E-state index is 1.10. The molecular formula is C47H30N2S. The molecule has 2 heterocycles. The van der Waals surface area contributed by atoms with Crippen LogP contribution in [0, 0.1) is 0 Å². The number of nitrogens with zero attached hydrogens (tertiary/aromatic N) is 2. The van der Waals surface area contributed by atoms with Crippen LogP contribution in [0.4, 0.5) is 17.1 Å². The summed E-state index contributed by atoms with van der Waals surface area (Å²) in [6.45, 7) is 0. The van der Waals surface area contributed by atoms with E-state index in [0.29, 0.717) is 0 Å². The van der Waals surface area contributed by atoms with Crippen molar-refractivity contribution in [2.45, 2.75) is 0 Å². The van der Waals surface area contributed by atoms with Gasteiger partial charge in [-0.1, -0.05) is 121 Å². The molecule has 50 heavy (non-hydrogen) atoms. The first-order valence-corrected chi connectivity index (χ1v) is 17.8. The van der Waals surface area contributed by atoms with E-state index >= 15 is 0 Å². The van der Waals surface area contributed by atoms with Crippen molar-refractivity contribution in [3.8, 4) is 22.3 Å². The fourth-order valence-corrected chi connectivity index (χ4v) is 8.70. The molecule has 0 fully saturated rings. The van der Waals surface area contributed by atoms with E-state index in [-0.39, 0.29) is 0 Å². The Balaban J connectivity index is 1.15. The molecule has 0 spiro atoms. The molecule has 2 aromatic heterocycles. The van der Waals surface area contributed by atoms with E-state index in [9.17, 15) is 0 Å². The smallest absolute Gasteiger partial charge is 0.0555 e. The monoisotopic (exact) mass is 654 g/mol. The summed E-state index contributed by atoms with van der Waals surface area (Å²) in [6, 6.07) is 61.8. The highest BCUT2D eigenvalue weighted by Crippen LogP contribution is 2.45. The fraction of sp³-hybridized carbons (Fsp3) is 0. The SMILES string of the molecule is c1ccc(-c2ccc(N(c3ccc(-c4cc5ccc6ccccc6c5c5ccccc45)cc3)c3cccc4sc5ccncc5c34)cc2)cc1. The van der Waals surface area contributed by atoms with E-state index in [2.05, 4.69) is 180 Å². The average Bonchev–Trinajstić information content (AvgIpc) is 3.58. The highest BCUT2D eigenvalue weighted by atomic mass is 32.1. The van der Waals surface area contributed by atoms with E-state index in [1.54, 1.807) is 0 Å². The lowest BCUT2D eigenvalue weighted by Crippen LogP contribution is -2.10. The van der Waals surface area contributed by atoms with Crippen LogP contribution in [0.1, 0.15) is 0 Å². The number of benzene rings is 8. The lowest BCUT2D eigenvalue weighted by Gasteiger charge is -2.27. The molecule has 2 nitrogen and oxygen atoms in total. The molecule has 0 aliphatic carbocycles. The van der Waals surface area contributed by atoms with E-state index in [4.69, 9.17) is 0 Å². The second-order valence-electron chi connectivity index (χ2n) is 12.8. The van der Waals surface area contributed by atoms with E-state index < -0.39 is 0 Å². The summed E-state index contributed by atoms with van der Waals surface area (Å²) in [6.07, 6.45) is 3.89. The Kier molecular flexibility index (Phi) is 6.71. The van der Waals surface area contributed by atoms with Crippen molar-refractivity contribution >= 4 is 80.9 Å². The van der Waals surface area contributed by atoms with Crippen molar-refractivity contribution in [3.05, 3.63) is 182 Å². The number of rotatable bonds is 5. The third-order valence-electron chi connectivity index (χ3n) is 9.93. The second-order valence-corrected chi connectivity index (χ2v) is 13.9. The first-order valence-electron chi connectivity index (χ1n) is 16.9. The summed E-state index contributed by atoms with van der Waals surface area (Å²) < 4.78 is 2.50. The van der Waals surface area contributed by atoms with Crippen molar-refractivity contribution in [1.82, 2.24) is 4.98 Å². The Bertz CT molecular complexity index is 2850. The van der Waals surface area contributed by atoms with Crippen LogP contribution in [0.25, 0.3) is 74.7 Å². The Labute approximate surface area is 294 Å². The molecule has 10 aromatic rings. The van der Waals surface area contributed by atoms with E-state index in [1.807, 2.05) is 23.7 Å². The molecule has 0 N–H and O–H groups in total. The van der Waals surface area contributed by atoms with Gasteiger partial charge in [0, 0.05) is 43.9 Å². The standard InChI is InChI=1S/C47H30N2S/c1-2-9-31(10-3-1)32-19-23-36(24-20-32)49(43-15-8-16-45-47(43)42-30-48-28-27-44(42)50-45)37-25-21-34(22-26-37)41-29-35-18-17-33-11-4-5-12-38(33)46(35)40-14-7-6-13-39(40)41/h1-30H. The van der Waals surface area contributed by atoms with Gasteiger partial charge in [0.15, 0.2) is 0 Å². The normalized spacial score (nSPS) is 11.6. The maximum atomic E-state index is 4.52. The molecule has 0 saturated heterocycles. The zero-order chi connectivity index (χ0) is 33.0. The molecule has 0 unspecified atom stereocenters. The molecule has 0 radical (unpaired) electrons. The summed E-state index contributed by atoms with van der Waals surface area (Å²) in [5, 5.41) is 10.1. The molecule has 0 saturated carbocycles. The topological polar surface area (TPSA) is 16.1 Å². The van der Waals surface area contributed by atoms with Crippen LogP contribution in [-0.4, -0.2) is 4.98 Å². The van der Waals surface area contributed by atoms with Crippen LogP contribution in [0.5, 0.6) is 0 Å². The minimum atomic E-state index is 1.10. The molecule has 8 aromatic carbocycles. The third kappa shape index (κ3) is 4.67. The van der Waals surface area contributed by atoms with E-state index in [1.165, 1.54) is 74.7 Å². The Morgan fingerprint density at radius 2 is 1.08 bits per heavy atom. The molecule has 234 valence electrons. The summed E-state index contributed by atoms with van der Waals surface area (Å²) in [7, 11) is 0. The predicted octanol–water partition coefficient (Wildman–Crippen LogP) is 13.7. The van der Waals surface area contributed by atoms with Crippen molar-refractivity contribution in [1.29, 1.82) is 0 Å². The third-order valence-corrected chi connectivity index (χ3v) is 11.1. The highest BCUT2D eigenvalue weighted by molar-refractivity contribution is 7.25. The number of thiophene rings is 1. The van der Waals surface area contributed by atoms with Gasteiger partial charge in [0.2, 0.25) is 0 Å². The van der Waals surface area contributed by atoms with Crippen molar-refractivity contribution in [2.75, 3.05) is 4.90 Å². The lowest BCUT2D eigenvalue weighted by molar-refractivity contribution is 1.30. The molecule has 0 bridgehead atoms. The van der Waals surface area contributed by atoms with Crippen LogP contribution in [-0.2, 0) is 0 Å². The van der Waals surface area contributed by atoms with Gasteiger partial charge in [-0.05, 0) is 103 Å². The Hall–Kier alpha value is -6.29. The Morgan fingerprint density at radius 3 is 1.88 bits per heavy atom. The molecule has 10 rings (SSSR count). The number of hydrogen-bond donors (Lipinski definition) is 0. The Morgan fingerprint density at radius 1 is 0.420 bits per heavy atom. The quantitative estimate of drug-likeness (QED) is 0.172. The van der Waals surface area contributed by atoms with Crippen molar-refractivity contribution in [2.24, 2.45) is 0 Å². The largest absolute Gasteiger partial charge is 0.310 e. The van der Waals surface area contributed by atoms with Crippen LogP contribution in [0.3, 0.4) is 0 Å². The van der Waals surface area contributed by atoms with Crippen molar-refractivity contribution in [3.63, 3.8) is 0 Å². The summed E-state index contributed by atoms with van der Waals surface area (Å²) in [5.74, 6) is 0. The van der Waals surface area contributed by atoms with Crippen LogP contribution in [0.2, 0.25) is 0 Å². The van der Waals surface area contributed by atoms with Crippen LogP contribution in [0.15, 0.2) is 182 Å². The molecular weight excluding hydrogens is 625 g/mol. The van der Waals surface area contributed by atoms with Gasteiger partial charge in [-0.15, -0.1) is 11.3 Å². The van der Waals surface area contributed by atoms with Gasteiger partial charge in [0.25, 0.3) is 0 Å². The molecule has 0 aliphatic rings. The summed E-state index contributed by atoms with van der Waals surface area (Å²) in [5.41, 5.74) is 8.20. The number of fused-ring (bicyclic) bond motifs is 8. The highest BCUT2D eigenvalue weighted by Gasteiger charge is 2.19. The first kappa shape index (κ1) is 28.7. The molecule has 0 amide bonds. The zero-order valence-corrected chi connectivity index (χ0v) is 27.9. The maximum Gasteiger partial charge on any atom is 0.0555 e. The van der Waals surface area contributed by atoms with Crippen LogP contribution >= 0.6 is 11.3 Å². The number of pyridine rings is 1. The van der Waals surface area contributed by atoms with E-state index in [0.717, 1.165) is 17.1 Å². The average molecular weight is 655 g/mol. The maximum absolute atomic E-state index is 4.52. The second kappa shape index (κ2) is 11.7. The predicted molar refractivity (Wildman–Crippen MR) is 215 cm³/mol. The van der Waals surface area contributed by atoms with Crippen molar-refractivity contribution < 1.29 is 0 Å². The van der Waals surface area contributed by atoms with Gasteiger partial charge in [-0.3, -0.25) is 4.98 Å². The first-order chi connectivity index (χ1) is 24.8. The minimum Gasteiger partial charge on any atom is -0.310 e.